The normalized spacial score (nSPS) is 10.6. The number of hydrogen-bond donors (Lipinski definition) is 1. The molecule has 0 saturated heterocycles. The number of hydrogen-bond acceptors (Lipinski definition) is 5. The Kier molecular flexibility index (Phi) is 6.46. The van der Waals surface area contributed by atoms with Crippen LogP contribution < -0.4 is 5.73 Å². The standard InChI is InChI=1S/C20H21N7O.C2H6/c1-3-16(28)25(4-2)11-12-27-19-17(18(21)22-13-23-19)20(24-27)26-10-9-14-7-5-6-8-15(14)26;1-2/h3,5-10,13H,1,4,11-12H2,2H3,(H2,21,22,23);1-2H3. The Hall–Kier alpha value is -3.68. The van der Waals surface area contributed by atoms with Crippen LogP contribution in [0, 0.1) is 0 Å². The summed E-state index contributed by atoms with van der Waals surface area (Å²) in [4.78, 5) is 22.2. The van der Waals surface area contributed by atoms with Crippen molar-refractivity contribution in [3.63, 3.8) is 0 Å². The van der Waals surface area contributed by atoms with Crippen LogP contribution in [-0.4, -0.2) is 48.2 Å². The Balaban J connectivity index is 0.00000124. The second-order valence-electron chi connectivity index (χ2n) is 6.37. The number of benzene rings is 1. The third-order valence-corrected chi connectivity index (χ3v) is 4.82. The second-order valence-corrected chi connectivity index (χ2v) is 6.37. The van der Waals surface area contributed by atoms with E-state index in [0.29, 0.717) is 42.3 Å². The van der Waals surface area contributed by atoms with Gasteiger partial charge in [-0.2, -0.15) is 5.10 Å². The second kappa shape index (κ2) is 9.21. The maximum Gasteiger partial charge on any atom is 0.246 e. The van der Waals surface area contributed by atoms with Gasteiger partial charge in [-0.15, -0.1) is 0 Å². The molecule has 1 aromatic carbocycles. The van der Waals surface area contributed by atoms with E-state index in [1.54, 1.807) is 9.58 Å². The molecule has 3 heterocycles. The lowest BCUT2D eigenvalue weighted by molar-refractivity contribution is -0.126. The minimum atomic E-state index is -0.107. The van der Waals surface area contributed by atoms with Crippen molar-refractivity contribution in [2.45, 2.75) is 27.3 Å². The molecule has 0 aliphatic rings. The van der Waals surface area contributed by atoms with E-state index < -0.39 is 0 Å². The molecule has 3 aromatic heterocycles. The highest BCUT2D eigenvalue weighted by molar-refractivity contribution is 5.94. The number of rotatable bonds is 6. The van der Waals surface area contributed by atoms with Crippen LogP contribution in [0.2, 0.25) is 0 Å². The lowest BCUT2D eigenvalue weighted by atomic mass is 10.2. The van der Waals surface area contributed by atoms with Crippen molar-refractivity contribution < 1.29 is 4.79 Å². The molecule has 0 radical (unpaired) electrons. The first-order valence-corrected chi connectivity index (χ1v) is 10.1. The number of likely N-dealkylation sites (N-methyl/N-ethyl adjacent to an activating group) is 1. The molecular weight excluding hydrogens is 378 g/mol. The highest BCUT2D eigenvalue weighted by Gasteiger charge is 2.19. The number of anilines is 1. The van der Waals surface area contributed by atoms with E-state index in [1.165, 1.54) is 12.4 Å². The highest BCUT2D eigenvalue weighted by atomic mass is 16.2. The average Bonchev–Trinajstić information content (AvgIpc) is 3.37. The Morgan fingerprint density at radius 1 is 1.23 bits per heavy atom. The lowest BCUT2D eigenvalue weighted by Crippen LogP contribution is -2.32. The minimum absolute atomic E-state index is 0.107. The van der Waals surface area contributed by atoms with Crippen LogP contribution in [-0.2, 0) is 11.3 Å². The number of nitrogens with two attached hydrogens (primary N) is 1. The fraction of sp³-hybridized carbons (Fsp3) is 0.273. The summed E-state index contributed by atoms with van der Waals surface area (Å²) in [5.74, 6) is 0.940. The molecular formula is C22H27N7O. The van der Waals surface area contributed by atoms with Crippen LogP contribution in [0.4, 0.5) is 5.82 Å². The molecule has 30 heavy (non-hydrogen) atoms. The van der Waals surface area contributed by atoms with E-state index in [0.717, 1.165) is 10.9 Å². The van der Waals surface area contributed by atoms with Gasteiger partial charge in [0.05, 0.1) is 12.1 Å². The van der Waals surface area contributed by atoms with E-state index in [9.17, 15) is 4.79 Å². The fourth-order valence-electron chi connectivity index (χ4n) is 3.37. The number of nitrogens with zero attached hydrogens (tertiary/aromatic N) is 6. The molecule has 0 bridgehead atoms. The molecule has 4 rings (SSSR count). The first-order chi connectivity index (χ1) is 14.6. The van der Waals surface area contributed by atoms with Crippen molar-refractivity contribution >= 4 is 33.7 Å². The topological polar surface area (TPSA) is 94.9 Å². The van der Waals surface area contributed by atoms with Crippen LogP contribution in [0.1, 0.15) is 20.8 Å². The number of aromatic nitrogens is 5. The predicted octanol–water partition coefficient (Wildman–Crippen LogP) is 3.41. The summed E-state index contributed by atoms with van der Waals surface area (Å²) in [7, 11) is 0. The first kappa shape index (κ1) is 21.0. The summed E-state index contributed by atoms with van der Waals surface area (Å²) in [6, 6.07) is 10.1. The molecule has 0 unspecified atom stereocenters. The van der Waals surface area contributed by atoms with Gasteiger partial charge in [-0.1, -0.05) is 38.6 Å². The van der Waals surface area contributed by atoms with Gasteiger partial charge in [0.1, 0.15) is 17.5 Å². The molecule has 0 aliphatic carbocycles. The molecule has 0 saturated carbocycles. The van der Waals surface area contributed by atoms with Crippen molar-refractivity contribution in [3.05, 3.63) is 55.5 Å². The van der Waals surface area contributed by atoms with Gasteiger partial charge >= 0.3 is 0 Å². The smallest absolute Gasteiger partial charge is 0.246 e. The van der Waals surface area contributed by atoms with Gasteiger partial charge in [0, 0.05) is 19.3 Å². The number of para-hydroxylation sites is 1. The van der Waals surface area contributed by atoms with Gasteiger partial charge in [-0.3, -0.25) is 9.36 Å². The monoisotopic (exact) mass is 405 g/mol. The number of fused-ring (bicyclic) bond motifs is 2. The molecule has 0 spiro atoms. The maximum absolute atomic E-state index is 11.9. The van der Waals surface area contributed by atoms with Gasteiger partial charge in [-0.25, -0.2) is 14.6 Å². The first-order valence-electron chi connectivity index (χ1n) is 10.1. The summed E-state index contributed by atoms with van der Waals surface area (Å²) < 4.78 is 3.76. The van der Waals surface area contributed by atoms with Crippen LogP contribution in [0.15, 0.2) is 55.5 Å². The quantitative estimate of drug-likeness (QED) is 0.496. The molecule has 8 nitrogen and oxygen atoms in total. The zero-order valence-electron chi connectivity index (χ0n) is 17.6. The van der Waals surface area contributed by atoms with Crippen LogP contribution >= 0.6 is 0 Å². The Bertz CT molecular complexity index is 1170. The van der Waals surface area contributed by atoms with E-state index in [1.807, 2.05) is 61.9 Å². The summed E-state index contributed by atoms with van der Waals surface area (Å²) in [6.07, 6.45) is 4.71. The zero-order valence-corrected chi connectivity index (χ0v) is 17.6. The van der Waals surface area contributed by atoms with E-state index in [2.05, 4.69) is 16.5 Å². The third kappa shape index (κ3) is 3.76. The molecule has 0 atom stereocenters. The fourth-order valence-corrected chi connectivity index (χ4v) is 3.37. The maximum atomic E-state index is 11.9. The van der Waals surface area contributed by atoms with Crippen molar-refractivity contribution in [2.24, 2.45) is 0 Å². The molecule has 8 heteroatoms. The van der Waals surface area contributed by atoms with Gasteiger partial charge in [0.15, 0.2) is 11.5 Å². The van der Waals surface area contributed by atoms with Crippen LogP contribution in [0.25, 0.3) is 27.8 Å². The summed E-state index contributed by atoms with van der Waals surface area (Å²) in [5, 5.41) is 6.57. The van der Waals surface area contributed by atoms with Crippen molar-refractivity contribution in [3.8, 4) is 5.82 Å². The van der Waals surface area contributed by atoms with Gasteiger partial charge in [0.2, 0.25) is 5.91 Å². The van der Waals surface area contributed by atoms with Gasteiger partial charge in [0.25, 0.3) is 0 Å². The van der Waals surface area contributed by atoms with Crippen LogP contribution in [0.5, 0.6) is 0 Å². The Labute approximate surface area is 175 Å². The molecule has 4 aromatic rings. The summed E-state index contributed by atoms with van der Waals surface area (Å²) >= 11 is 0. The Morgan fingerprint density at radius 2 is 2.00 bits per heavy atom. The molecule has 0 aliphatic heterocycles. The molecule has 0 fully saturated rings. The SMILES string of the molecule is C=CC(=O)N(CC)CCn1nc(-n2ccc3ccccc32)c2c(N)ncnc21.CC. The van der Waals surface area contributed by atoms with Gasteiger partial charge < -0.3 is 10.6 Å². The third-order valence-electron chi connectivity index (χ3n) is 4.82. The highest BCUT2D eigenvalue weighted by Crippen LogP contribution is 2.28. The number of nitrogen functional groups attached to an aromatic ring is 1. The molecule has 2 N–H and O–H groups in total. The van der Waals surface area contributed by atoms with Crippen molar-refractivity contribution in [1.82, 2.24) is 29.2 Å². The number of carbonyl (C=O) groups is 1. The summed E-state index contributed by atoms with van der Waals surface area (Å²) in [5.41, 5.74) is 7.84. The minimum Gasteiger partial charge on any atom is -0.383 e. The largest absolute Gasteiger partial charge is 0.383 e. The number of amides is 1. The van der Waals surface area contributed by atoms with Crippen molar-refractivity contribution in [2.75, 3.05) is 18.8 Å². The van der Waals surface area contributed by atoms with E-state index in [-0.39, 0.29) is 5.91 Å². The van der Waals surface area contributed by atoms with E-state index in [4.69, 9.17) is 10.8 Å². The van der Waals surface area contributed by atoms with Gasteiger partial charge in [-0.05, 0) is 30.5 Å². The lowest BCUT2D eigenvalue weighted by Gasteiger charge is -2.18. The average molecular weight is 406 g/mol. The Morgan fingerprint density at radius 3 is 2.73 bits per heavy atom. The molecule has 1 amide bonds. The zero-order chi connectivity index (χ0) is 21.7. The summed E-state index contributed by atoms with van der Waals surface area (Å²) in [6.45, 7) is 11.1. The molecule has 156 valence electrons. The van der Waals surface area contributed by atoms with E-state index >= 15 is 0 Å². The van der Waals surface area contributed by atoms with Crippen molar-refractivity contribution in [1.29, 1.82) is 0 Å². The van der Waals surface area contributed by atoms with Crippen LogP contribution in [0.3, 0.4) is 0 Å². The predicted molar refractivity (Wildman–Crippen MR) is 120 cm³/mol. The number of carbonyl (C=O) groups excluding carboxylic acids is 1.